The highest BCUT2D eigenvalue weighted by Gasteiger charge is 2.60. The predicted molar refractivity (Wildman–Crippen MR) is 88.4 cm³/mol. The van der Waals surface area contributed by atoms with Crippen molar-refractivity contribution in [2.24, 2.45) is 4.99 Å². The van der Waals surface area contributed by atoms with Crippen LogP contribution in [0.15, 0.2) is 4.99 Å². The van der Waals surface area contributed by atoms with Crippen LogP contribution in [0.5, 0.6) is 0 Å². The highest BCUT2D eigenvalue weighted by Crippen LogP contribution is 2.57. The first-order valence-electron chi connectivity index (χ1n) is 6.12. The molecule has 0 aromatic carbocycles. The topological polar surface area (TPSA) is 80.6 Å². The first-order valence-corrected chi connectivity index (χ1v) is 12.3. The van der Waals surface area contributed by atoms with Crippen molar-refractivity contribution in [3.63, 3.8) is 0 Å². The van der Waals surface area contributed by atoms with Crippen LogP contribution < -0.4 is 0 Å². The fourth-order valence-corrected chi connectivity index (χ4v) is 12.0. The molecule has 3 aliphatic heterocycles. The molecule has 3 aliphatic rings. The van der Waals surface area contributed by atoms with Crippen LogP contribution in [0, 0.1) is 0 Å². The highest BCUT2D eigenvalue weighted by molar-refractivity contribution is 9.11. The number of hydrogen-bond donors (Lipinski definition) is 0. The number of aliphatic imine (C=N–C) groups is 1. The van der Waals surface area contributed by atoms with E-state index in [2.05, 4.69) is 20.9 Å². The maximum atomic E-state index is 11.9. The van der Waals surface area contributed by atoms with Gasteiger partial charge in [0.1, 0.15) is 8.53 Å². The summed E-state index contributed by atoms with van der Waals surface area (Å²) in [6.45, 7) is 1.94. The Labute approximate surface area is 135 Å². The van der Waals surface area contributed by atoms with Gasteiger partial charge in [-0.05, 0) is 13.3 Å². The zero-order chi connectivity index (χ0) is 14.8. The Hall–Kier alpha value is 0.750. The lowest BCUT2D eigenvalue weighted by Gasteiger charge is -2.22. The second kappa shape index (κ2) is 4.87. The number of sulfone groups is 2. The van der Waals surface area contributed by atoms with Gasteiger partial charge in [-0.3, -0.25) is 4.99 Å². The molecule has 10 heteroatoms. The fourth-order valence-electron chi connectivity index (χ4n) is 2.64. The SMILES string of the molecule is C[C@]12SC(=N[C@@H]3CCS(=O)(=O)C3)S[C@H]1CS(=O)(=O)[C@@H]2Br. The van der Waals surface area contributed by atoms with Crippen LogP contribution in [0.2, 0.25) is 0 Å². The number of fused-ring (bicyclic) bond motifs is 1. The Kier molecular flexibility index (Phi) is 3.81. The molecule has 0 aliphatic carbocycles. The van der Waals surface area contributed by atoms with Crippen LogP contribution in [0.25, 0.3) is 0 Å². The third-order valence-corrected chi connectivity index (χ3v) is 14.0. The van der Waals surface area contributed by atoms with Crippen LogP contribution in [0.3, 0.4) is 0 Å². The Balaban J connectivity index is 1.79. The number of thioether (sulfide) groups is 2. The lowest BCUT2D eigenvalue weighted by Crippen LogP contribution is -2.33. The van der Waals surface area contributed by atoms with Crippen LogP contribution in [-0.2, 0) is 19.7 Å². The van der Waals surface area contributed by atoms with Crippen molar-refractivity contribution in [2.45, 2.75) is 33.5 Å². The third kappa shape index (κ3) is 2.59. The van der Waals surface area contributed by atoms with Crippen LogP contribution in [0.4, 0.5) is 0 Å². The number of rotatable bonds is 1. The van der Waals surface area contributed by atoms with Gasteiger partial charge in [-0.2, -0.15) is 0 Å². The van der Waals surface area contributed by atoms with Crippen molar-refractivity contribution in [3.05, 3.63) is 0 Å². The first kappa shape index (κ1) is 15.6. The second-order valence-electron chi connectivity index (χ2n) is 5.49. The van der Waals surface area contributed by atoms with Gasteiger partial charge in [0.2, 0.25) is 0 Å². The molecule has 0 aromatic rings. The zero-order valence-corrected chi connectivity index (χ0v) is 15.5. The predicted octanol–water partition coefficient (Wildman–Crippen LogP) is 1.29. The Morgan fingerprint density at radius 3 is 2.55 bits per heavy atom. The van der Waals surface area contributed by atoms with E-state index in [0.29, 0.717) is 6.42 Å². The smallest absolute Gasteiger partial charge is 0.165 e. The molecule has 0 N–H and O–H groups in total. The molecule has 3 heterocycles. The van der Waals surface area contributed by atoms with Gasteiger partial charge in [-0.1, -0.05) is 39.5 Å². The van der Waals surface area contributed by atoms with E-state index in [9.17, 15) is 16.8 Å². The number of hydrogen-bond acceptors (Lipinski definition) is 7. The average Bonchev–Trinajstić information content (AvgIpc) is 2.84. The molecule has 0 aromatic heterocycles. The largest absolute Gasteiger partial charge is 0.267 e. The van der Waals surface area contributed by atoms with Gasteiger partial charge in [0.25, 0.3) is 0 Å². The number of alkyl halides is 1. The van der Waals surface area contributed by atoms with Gasteiger partial charge in [-0.25, -0.2) is 16.8 Å². The number of halogens is 1. The van der Waals surface area contributed by atoms with Crippen LogP contribution in [0.1, 0.15) is 13.3 Å². The summed E-state index contributed by atoms with van der Waals surface area (Å²) in [6, 6.07) is -0.164. The van der Waals surface area contributed by atoms with Crippen molar-refractivity contribution < 1.29 is 16.8 Å². The van der Waals surface area contributed by atoms with Gasteiger partial charge >= 0.3 is 0 Å². The third-order valence-electron chi connectivity index (χ3n) is 3.84. The molecule has 0 radical (unpaired) electrons. The fraction of sp³-hybridized carbons (Fsp3) is 0.900. The summed E-state index contributed by atoms with van der Waals surface area (Å²) in [5, 5.41) is -0.0152. The van der Waals surface area contributed by atoms with Crippen LogP contribution in [-0.4, -0.2) is 58.7 Å². The summed E-state index contributed by atoms with van der Waals surface area (Å²) in [6.07, 6.45) is 0.574. The van der Waals surface area contributed by atoms with Crippen molar-refractivity contribution >= 4 is 63.5 Å². The molecule has 3 fully saturated rings. The summed E-state index contributed by atoms with van der Waals surface area (Å²) < 4.78 is 46.6. The van der Waals surface area contributed by atoms with E-state index in [1.807, 2.05) is 6.92 Å². The minimum atomic E-state index is -3.09. The molecule has 0 amide bonds. The molecule has 0 bridgehead atoms. The van der Waals surface area contributed by atoms with E-state index in [4.69, 9.17) is 0 Å². The second-order valence-corrected chi connectivity index (χ2v) is 14.3. The molecule has 3 rings (SSSR count). The van der Waals surface area contributed by atoms with Gasteiger partial charge in [-0.15, -0.1) is 0 Å². The van der Waals surface area contributed by atoms with Gasteiger partial charge in [0.05, 0.1) is 28.0 Å². The molecular weight excluding hydrogens is 406 g/mol. The summed E-state index contributed by atoms with van der Waals surface area (Å²) in [4.78, 5) is 4.53. The van der Waals surface area contributed by atoms with Crippen molar-refractivity contribution in [3.8, 4) is 0 Å². The number of nitrogens with zero attached hydrogens (tertiary/aromatic N) is 1. The average molecular weight is 420 g/mol. The lowest BCUT2D eigenvalue weighted by molar-refractivity contribution is 0.598. The van der Waals surface area contributed by atoms with E-state index >= 15 is 0 Å². The molecule has 5 nitrogen and oxygen atoms in total. The molecule has 114 valence electrons. The zero-order valence-electron chi connectivity index (χ0n) is 10.7. The minimum Gasteiger partial charge on any atom is -0.267 e. The Morgan fingerprint density at radius 1 is 1.30 bits per heavy atom. The van der Waals surface area contributed by atoms with Gasteiger partial charge in [0.15, 0.2) is 19.7 Å². The molecule has 4 atom stereocenters. The Morgan fingerprint density at radius 2 is 2.00 bits per heavy atom. The van der Waals surface area contributed by atoms with Gasteiger partial charge in [0, 0.05) is 5.25 Å². The first-order chi connectivity index (χ1) is 9.12. The maximum absolute atomic E-state index is 11.9. The molecule has 0 saturated carbocycles. The van der Waals surface area contributed by atoms with Crippen molar-refractivity contribution in [1.82, 2.24) is 0 Å². The summed E-state index contributed by atoms with van der Waals surface area (Å²) in [5.41, 5.74) is 0. The quantitative estimate of drug-likeness (QED) is 0.595. The molecular formula is C10H14BrNO4S4. The lowest BCUT2D eigenvalue weighted by atomic mass is 10.1. The highest BCUT2D eigenvalue weighted by atomic mass is 79.9. The summed E-state index contributed by atoms with van der Waals surface area (Å²) >= 11 is 6.26. The van der Waals surface area contributed by atoms with Crippen molar-refractivity contribution in [1.29, 1.82) is 0 Å². The van der Waals surface area contributed by atoms with Gasteiger partial charge < -0.3 is 0 Å². The van der Waals surface area contributed by atoms with E-state index < -0.39 is 28.6 Å². The Bertz CT molecular complexity index is 673. The standard InChI is InChI=1S/C10H14BrNO4S4/c1-10-7(5-20(15,16)8(10)11)17-9(18-10)12-6-2-3-19(13,14)4-6/h6-8H,2-5H2,1H3/t6-,7+,8+,10+/m1/s1. The van der Waals surface area contributed by atoms with E-state index in [1.54, 1.807) is 0 Å². The van der Waals surface area contributed by atoms with E-state index in [-0.39, 0.29) is 28.6 Å². The summed E-state index contributed by atoms with van der Waals surface area (Å²) in [7, 11) is -6.02. The van der Waals surface area contributed by atoms with Crippen molar-refractivity contribution in [2.75, 3.05) is 17.3 Å². The van der Waals surface area contributed by atoms with E-state index in [0.717, 1.165) is 4.38 Å². The normalized spacial score (nSPS) is 47.7. The van der Waals surface area contributed by atoms with Crippen LogP contribution >= 0.6 is 39.5 Å². The van der Waals surface area contributed by atoms with E-state index in [1.165, 1.54) is 23.5 Å². The molecule has 0 unspecified atom stereocenters. The molecule has 20 heavy (non-hydrogen) atoms. The maximum Gasteiger partial charge on any atom is 0.165 e. The monoisotopic (exact) mass is 419 g/mol. The minimum absolute atomic E-state index is 0.0152. The summed E-state index contributed by atoms with van der Waals surface area (Å²) in [5.74, 6) is 0.480. The molecule has 3 saturated heterocycles. The molecule has 0 spiro atoms.